The highest BCUT2D eigenvalue weighted by Gasteiger charge is 2.32. The van der Waals surface area contributed by atoms with Crippen molar-refractivity contribution in [3.8, 4) is 11.5 Å². The summed E-state index contributed by atoms with van der Waals surface area (Å²) in [5.41, 5.74) is 0. The van der Waals surface area contributed by atoms with Crippen LogP contribution in [-0.4, -0.2) is 76.2 Å². The molecule has 0 aromatic heterocycles. The van der Waals surface area contributed by atoms with E-state index in [2.05, 4.69) is 15.2 Å². The SMILES string of the molecule is CN=C(NCC(C)Oc1ccc(OC)cc1)N1CCOC(C2CCCO2)C1.I. The third-order valence-electron chi connectivity index (χ3n) is 4.93. The molecule has 2 saturated heterocycles. The number of nitrogens with zero attached hydrogens (tertiary/aromatic N) is 2. The van der Waals surface area contributed by atoms with Crippen molar-refractivity contribution >= 4 is 29.9 Å². The first-order valence-electron chi connectivity index (χ1n) is 9.69. The molecule has 3 atom stereocenters. The first kappa shape index (κ1) is 23.0. The van der Waals surface area contributed by atoms with E-state index in [0.717, 1.165) is 50.0 Å². The highest BCUT2D eigenvalue weighted by atomic mass is 127. The summed E-state index contributed by atoms with van der Waals surface area (Å²) in [4.78, 5) is 6.68. The second kappa shape index (κ2) is 11.7. The molecular formula is C20H32IN3O4. The molecule has 7 nitrogen and oxygen atoms in total. The van der Waals surface area contributed by atoms with Gasteiger partial charge >= 0.3 is 0 Å². The lowest BCUT2D eigenvalue weighted by molar-refractivity contribution is -0.0817. The molecule has 2 aliphatic heterocycles. The fraction of sp³-hybridized carbons (Fsp3) is 0.650. The van der Waals surface area contributed by atoms with Crippen molar-refractivity contribution in [3.05, 3.63) is 24.3 Å². The van der Waals surface area contributed by atoms with Gasteiger partial charge in [-0.25, -0.2) is 0 Å². The van der Waals surface area contributed by atoms with Crippen molar-refractivity contribution in [1.29, 1.82) is 0 Å². The number of morpholine rings is 1. The summed E-state index contributed by atoms with van der Waals surface area (Å²) in [6.45, 7) is 5.88. The maximum absolute atomic E-state index is 5.96. The third kappa shape index (κ3) is 6.38. The lowest BCUT2D eigenvalue weighted by Gasteiger charge is -2.37. The number of rotatable bonds is 6. The van der Waals surface area contributed by atoms with Gasteiger partial charge in [-0.15, -0.1) is 24.0 Å². The second-order valence-corrected chi connectivity index (χ2v) is 6.94. The first-order chi connectivity index (χ1) is 13.2. The maximum Gasteiger partial charge on any atom is 0.193 e. The summed E-state index contributed by atoms with van der Waals surface area (Å²) in [5.74, 6) is 2.53. The Morgan fingerprint density at radius 2 is 1.93 bits per heavy atom. The van der Waals surface area contributed by atoms with Crippen molar-refractivity contribution in [2.75, 3.05) is 47.0 Å². The minimum absolute atomic E-state index is 0. The molecule has 0 bridgehead atoms. The van der Waals surface area contributed by atoms with Gasteiger partial charge in [0.05, 0.1) is 26.4 Å². The number of hydrogen-bond acceptors (Lipinski definition) is 5. The molecule has 0 spiro atoms. The van der Waals surface area contributed by atoms with Gasteiger partial charge in [0.15, 0.2) is 5.96 Å². The maximum atomic E-state index is 5.96. The van der Waals surface area contributed by atoms with E-state index < -0.39 is 0 Å². The zero-order valence-corrected chi connectivity index (χ0v) is 19.3. The van der Waals surface area contributed by atoms with E-state index in [-0.39, 0.29) is 42.3 Å². The zero-order valence-electron chi connectivity index (χ0n) is 16.9. The molecule has 3 rings (SSSR count). The van der Waals surface area contributed by atoms with E-state index >= 15 is 0 Å². The van der Waals surface area contributed by atoms with Crippen LogP contribution in [0.5, 0.6) is 11.5 Å². The predicted molar refractivity (Wildman–Crippen MR) is 120 cm³/mol. The van der Waals surface area contributed by atoms with Crippen molar-refractivity contribution in [2.24, 2.45) is 4.99 Å². The van der Waals surface area contributed by atoms with Gasteiger partial charge in [-0.05, 0) is 44.0 Å². The monoisotopic (exact) mass is 505 g/mol. The van der Waals surface area contributed by atoms with Gasteiger partial charge in [0.2, 0.25) is 0 Å². The first-order valence-corrected chi connectivity index (χ1v) is 9.69. The molecule has 2 fully saturated rings. The lowest BCUT2D eigenvalue weighted by atomic mass is 10.1. The molecular weight excluding hydrogens is 473 g/mol. The molecule has 0 aliphatic carbocycles. The van der Waals surface area contributed by atoms with Crippen LogP contribution in [-0.2, 0) is 9.47 Å². The molecule has 1 aromatic carbocycles. The summed E-state index contributed by atoms with van der Waals surface area (Å²) in [6, 6.07) is 7.62. The van der Waals surface area contributed by atoms with Crippen LogP contribution in [0.25, 0.3) is 0 Å². The molecule has 1 aromatic rings. The lowest BCUT2D eigenvalue weighted by Crippen LogP contribution is -2.54. The summed E-state index contributed by atoms with van der Waals surface area (Å²) in [7, 11) is 3.47. The van der Waals surface area contributed by atoms with E-state index in [0.29, 0.717) is 13.2 Å². The number of methoxy groups -OCH3 is 1. The molecule has 0 amide bonds. The van der Waals surface area contributed by atoms with E-state index in [9.17, 15) is 0 Å². The Labute approximate surface area is 184 Å². The Bertz CT molecular complexity index is 608. The van der Waals surface area contributed by atoms with Crippen molar-refractivity contribution in [3.63, 3.8) is 0 Å². The molecule has 28 heavy (non-hydrogen) atoms. The van der Waals surface area contributed by atoms with Gasteiger partial charge in [0.25, 0.3) is 0 Å². The van der Waals surface area contributed by atoms with Crippen LogP contribution in [0, 0.1) is 0 Å². The van der Waals surface area contributed by atoms with Gasteiger partial charge in [0, 0.05) is 26.7 Å². The number of ether oxygens (including phenoxy) is 4. The van der Waals surface area contributed by atoms with Crippen molar-refractivity contribution in [1.82, 2.24) is 10.2 Å². The van der Waals surface area contributed by atoms with Crippen LogP contribution < -0.4 is 14.8 Å². The summed E-state index contributed by atoms with van der Waals surface area (Å²) < 4.78 is 22.9. The molecule has 158 valence electrons. The fourth-order valence-electron chi connectivity index (χ4n) is 3.48. The molecule has 2 heterocycles. The third-order valence-corrected chi connectivity index (χ3v) is 4.93. The fourth-order valence-corrected chi connectivity index (χ4v) is 3.48. The molecule has 0 saturated carbocycles. The van der Waals surface area contributed by atoms with Gasteiger partial charge in [-0.3, -0.25) is 4.99 Å². The molecule has 8 heteroatoms. The van der Waals surface area contributed by atoms with Gasteiger partial charge < -0.3 is 29.2 Å². The zero-order chi connectivity index (χ0) is 19.1. The Balaban J connectivity index is 0.00000280. The molecule has 3 unspecified atom stereocenters. The van der Waals surface area contributed by atoms with Crippen molar-refractivity contribution in [2.45, 2.75) is 38.1 Å². The van der Waals surface area contributed by atoms with Crippen LogP contribution in [0.1, 0.15) is 19.8 Å². The second-order valence-electron chi connectivity index (χ2n) is 6.94. The normalized spacial score (nSPS) is 23.7. The predicted octanol–water partition coefficient (Wildman–Crippen LogP) is 2.54. The summed E-state index contributed by atoms with van der Waals surface area (Å²) in [5, 5.41) is 3.42. The minimum Gasteiger partial charge on any atom is -0.497 e. The standard InChI is InChI=1S/C20H31N3O4.HI/c1-15(27-17-8-6-16(24-3)7-9-17)13-22-20(21-2)23-10-12-26-19(14-23)18-5-4-11-25-18;/h6-9,15,18-19H,4-5,10-14H2,1-3H3,(H,21,22);1H. The number of aliphatic imine (C=N–C) groups is 1. The van der Waals surface area contributed by atoms with Crippen LogP contribution in [0.15, 0.2) is 29.3 Å². The van der Waals surface area contributed by atoms with Crippen LogP contribution >= 0.6 is 24.0 Å². The minimum atomic E-state index is 0. The Morgan fingerprint density at radius 1 is 1.21 bits per heavy atom. The highest BCUT2D eigenvalue weighted by Crippen LogP contribution is 2.21. The van der Waals surface area contributed by atoms with Crippen LogP contribution in [0.2, 0.25) is 0 Å². The number of benzene rings is 1. The molecule has 2 aliphatic rings. The largest absolute Gasteiger partial charge is 0.497 e. The van der Waals surface area contributed by atoms with E-state index in [1.807, 2.05) is 38.2 Å². The Kier molecular flexibility index (Phi) is 9.60. The van der Waals surface area contributed by atoms with E-state index in [4.69, 9.17) is 18.9 Å². The quantitative estimate of drug-likeness (QED) is 0.365. The van der Waals surface area contributed by atoms with Gasteiger partial charge in [-0.1, -0.05) is 0 Å². The van der Waals surface area contributed by atoms with Crippen molar-refractivity contribution < 1.29 is 18.9 Å². The number of guanidine groups is 1. The Morgan fingerprint density at radius 3 is 2.57 bits per heavy atom. The van der Waals surface area contributed by atoms with E-state index in [1.165, 1.54) is 0 Å². The van der Waals surface area contributed by atoms with Crippen LogP contribution in [0.3, 0.4) is 0 Å². The molecule has 0 radical (unpaired) electrons. The van der Waals surface area contributed by atoms with E-state index in [1.54, 1.807) is 7.11 Å². The number of halogens is 1. The smallest absolute Gasteiger partial charge is 0.193 e. The van der Waals surface area contributed by atoms with Crippen LogP contribution in [0.4, 0.5) is 0 Å². The number of nitrogens with one attached hydrogen (secondary N) is 1. The average molecular weight is 505 g/mol. The number of hydrogen-bond donors (Lipinski definition) is 1. The Hall–Kier alpha value is -1.26. The highest BCUT2D eigenvalue weighted by molar-refractivity contribution is 14.0. The topological polar surface area (TPSA) is 64.6 Å². The van der Waals surface area contributed by atoms with Gasteiger partial charge in [0.1, 0.15) is 23.7 Å². The average Bonchev–Trinajstić information content (AvgIpc) is 3.24. The summed E-state index contributed by atoms with van der Waals surface area (Å²) in [6.07, 6.45) is 2.54. The van der Waals surface area contributed by atoms with Gasteiger partial charge in [-0.2, -0.15) is 0 Å². The summed E-state index contributed by atoms with van der Waals surface area (Å²) >= 11 is 0. The molecule has 1 N–H and O–H groups in total.